The van der Waals surface area contributed by atoms with Crippen molar-refractivity contribution in [2.24, 2.45) is 5.92 Å². The van der Waals surface area contributed by atoms with Gasteiger partial charge < -0.3 is 15.5 Å². The van der Waals surface area contributed by atoms with E-state index in [1.807, 2.05) is 6.92 Å². The van der Waals surface area contributed by atoms with Gasteiger partial charge in [-0.05, 0) is 37.3 Å². The minimum atomic E-state index is -0.595. The van der Waals surface area contributed by atoms with Gasteiger partial charge in [0.1, 0.15) is 5.82 Å². The van der Waals surface area contributed by atoms with Gasteiger partial charge in [-0.1, -0.05) is 6.92 Å². The summed E-state index contributed by atoms with van der Waals surface area (Å²) in [5.41, 5.74) is 1.45. The molecule has 114 valence electrons. The van der Waals surface area contributed by atoms with Crippen LogP contribution in [0.25, 0.3) is 0 Å². The van der Waals surface area contributed by atoms with E-state index in [-0.39, 0.29) is 0 Å². The predicted molar refractivity (Wildman–Crippen MR) is 82.1 cm³/mol. The van der Waals surface area contributed by atoms with Crippen LogP contribution in [0.15, 0.2) is 12.3 Å². The highest BCUT2D eigenvalue weighted by atomic mass is 16.2. The molecule has 0 aliphatic carbocycles. The van der Waals surface area contributed by atoms with Crippen molar-refractivity contribution >= 4 is 23.3 Å². The van der Waals surface area contributed by atoms with E-state index in [9.17, 15) is 9.59 Å². The van der Waals surface area contributed by atoms with E-state index in [4.69, 9.17) is 0 Å². The van der Waals surface area contributed by atoms with Crippen LogP contribution in [0.4, 0.5) is 11.5 Å². The number of aromatic nitrogens is 1. The molecule has 0 aromatic carbocycles. The highest BCUT2D eigenvalue weighted by Crippen LogP contribution is 2.17. The van der Waals surface area contributed by atoms with E-state index >= 15 is 0 Å². The number of rotatable bonds is 2. The molecule has 1 aliphatic heterocycles. The molecule has 1 saturated heterocycles. The van der Waals surface area contributed by atoms with Crippen LogP contribution in [0.2, 0.25) is 0 Å². The zero-order chi connectivity index (χ0) is 15.4. The van der Waals surface area contributed by atoms with E-state index in [1.165, 1.54) is 0 Å². The van der Waals surface area contributed by atoms with Crippen LogP contribution in [-0.2, 0) is 9.59 Å². The van der Waals surface area contributed by atoms with Crippen LogP contribution in [0.3, 0.4) is 0 Å². The van der Waals surface area contributed by atoms with Crippen LogP contribution in [-0.4, -0.2) is 41.8 Å². The monoisotopic (exact) mass is 290 g/mol. The van der Waals surface area contributed by atoms with Gasteiger partial charge in [0.25, 0.3) is 0 Å². The van der Waals surface area contributed by atoms with E-state index in [0.29, 0.717) is 24.7 Å². The molecule has 1 atom stereocenters. The Hall–Kier alpha value is -2.11. The highest BCUT2D eigenvalue weighted by Gasteiger charge is 2.26. The van der Waals surface area contributed by atoms with Gasteiger partial charge in [-0.3, -0.25) is 9.59 Å². The molecule has 1 fully saturated rings. The number of anilines is 2. The number of amides is 2. The quantitative estimate of drug-likeness (QED) is 0.812. The Kier molecular flexibility index (Phi) is 4.77. The number of nitrogens with one attached hydrogen (secondary N) is 2. The van der Waals surface area contributed by atoms with E-state index < -0.39 is 11.8 Å². The number of piperidine rings is 1. The number of carbonyl (C=O) groups is 2. The van der Waals surface area contributed by atoms with Gasteiger partial charge in [0.05, 0.1) is 11.9 Å². The van der Waals surface area contributed by atoms with Gasteiger partial charge in [0.15, 0.2) is 0 Å². The minimum absolute atomic E-state index is 0.453. The summed E-state index contributed by atoms with van der Waals surface area (Å²) < 4.78 is 0. The summed E-state index contributed by atoms with van der Waals surface area (Å²) in [4.78, 5) is 30.0. The van der Waals surface area contributed by atoms with Crippen LogP contribution in [0.5, 0.6) is 0 Å². The molecule has 6 nitrogen and oxygen atoms in total. The Bertz CT molecular complexity index is 544. The predicted octanol–water partition coefficient (Wildman–Crippen LogP) is 1.63. The largest absolute Gasteiger partial charge is 0.373 e. The van der Waals surface area contributed by atoms with Crippen LogP contribution in [0, 0.1) is 12.8 Å². The molecule has 0 bridgehead atoms. The fraction of sp³-hybridized carbons (Fsp3) is 0.533. The Morgan fingerprint density at radius 2 is 2.19 bits per heavy atom. The van der Waals surface area contributed by atoms with Crippen LogP contribution >= 0.6 is 0 Å². The third kappa shape index (κ3) is 3.71. The first-order chi connectivity index (χ1) is 10.0. The van der Waals surface area contributed by atoms with Crippen molar-refractivity contribution < 1.29 is 9.59 Å². The summed E-state index contributed by atoms with van der Waals surface area (Å²) >= 11 is 0. The molecule has 21 heavy (non-hydrogen) atoms. The fourth-order valence-corrected chi connectivity index (χ4v) is 2.61. The molecule has 6 heteroatoms. The lowest BCUT2D eigenvalue weighted by molar-refractivity contribution is -0.144. The Morgan fingerprint density at radius 3 is 2.81 bits per heavy atom. The second-order valence-electron chi connectivity index (χ2n) is 5.59. The molecule has 2 rings (SSSR count). The maximum atomic E-state index is 12.1. The number of pyridine rings is 1. The highest BCUT2D eigenvalue weighted by molar-refractivity contribution is 6.39. The van der Waals surface area contributed by atoms with Gasteiger partial charge >= 0.3 is 11.8 Å². The Morgan fingerprint density at radius 1 is 1.43 bits per heavy atom. The van der Waals surface area contributed by atoms with Crippen LogP contribution in [0.1, 0.15) is 25.3 Å². The summed E-state index contributed by atoms with van der Waals surface area (Å²) in [6, 6.07) is 1.79. The normalized spacial score (nSPS) is 18.2. The molecule has 0 radical (unpaired) electrons. The first-order valence-electron chi connectivity index (χ1n) is 7.26. The standard InChI is InChI=1S/C15H22N4O2/c1-10-5-4-6-19(9-10)15(21)14(20)18-12-7-11(2)13(16-3)17-8-12/h7-8,10H,4-6,9H2,1-3H3,(H,16,17)(H,18,20)/t10-/m0/s1. The molecule has 0 spiro atoms. The average molecular weight is 290 g/mol. The topological polar surface area (TPSA) is 74.3 Å². The number of likely N-dealkylation sites (tertiary alicyclic amines) is 1. The molecule has 2 heterocycles. The van der Waals surface area contributed by atoms with Gasteiger partial charge in [-0.2, -0.15) is 0 Å². The van der Waals surface area contributed by atoms with Crippen molar-refractivity contribution in [2.75, 3.05) is 30.8 Å². The second-order valence-corrected chi connectivity index (χ2v) is 5.59. The number of aryl methyl sites for hydroxylation is 1. The fourth-order valence-electron chi connectivity index (χ4n) is 2.61. The molecular formula is C15H22N4O2. The summed E-state index contributed by atoms with van der Waals surface area (Å²) in [6.45, 7) is 5.30. The minimum Gasteiger partial charge on any atom is -0.373 e. The Labute approximate surface area is 124 Å². The van der Waals surface area contributed by atoms with Crippen molar-refractivity contribution in [1.82, 2.24) is 9.88 Å². The molecule has 0 unspecified atom stereocenters. The SMILES string of the molecule is CNc1ncc(NC(=O)C(=O)N2CCC[C@H](C)C2)cc1C. The summed E-state index contributed by atoms with van der Waals surface area (Å²) in [6.07, 6.45) is 3.61. The third-order valence-corrected chi connectivity index (χ3v) is 3.71. The Balaban J connectivity index is 2.00. The molecule has 0 saturated carbocycles. The maximum Gasteiger partial charge on any atom is 0.313 e. The number of hydrogen-bond donors (Lipinski definition) is 2. The second kappa shape index (κ2) is 6.56. The summed E-state index contributed by atoms with van der Waals surface area (Å²) in [7, 11) is 1.79. The van der Waals surface area contributed by atoms with Gasteiger partial charge in [-0.25, -0.2) is 4.98 Å². The van der Waals surface area contributed by atoms with E-state index in [0.717, 1.165) is 24.2 Å². The lowest BCUT2D eigenvalue weighted by Gasteiger charge is -2.30. The maximum absolute atomic E-state index is 12.1. The van der Waals surface area contributed by atoms with Crippen molar-refractivity contribution in [3.8, 4) is 0 Å². The number of nitrogens with zero attached hydrogens (tertiary/aromatic N) is 2. The van der Waals surface area contributed by atoms with E-state index in [2.05, 4.69) is 22.5 Å². The summed E-state index contributed by atoms with van der Waals surface area (Å²) in [5.74, 6) is 0.151. The number of carbonyl (C=O) groups excluding carboxylic acids is 2. The molecule has 2 N–H and O–H groups in total. The smallest absolute Gasteiger partial charge is 0.313 e. The lowest BCUT2D eigenvalue weighted by atomic mass is 10.0. The lowest BCUT2D eigenvalue weighted by Crippen LogP contribution is -2.44. The van der Waals surface area contributed by atoms with Crippen molar-refractivity contribution in [1.29, 1.82) is 0 Å². The first kappa shape index (κ1) is 15.3. The molecule has 2 amide bonds. The van der Waals surface area contributed by atoms with Crippen LogP contribution < -0.4 is 10.6 Å². The molecule has 1 aliphatic rings. The molecule has 1 aromatic heterocycles. The zero-order valence-electron chi connectivity index (χ0n) is 12.8. The molecular weight excluding hydrogens is 268 g/mol. The summed E-state index contributed by atoms with van der Waals surface area (Å²) in [5, 5.41) is 5.58. The van der Waals surface area contributed by atoms with E-state index in [1.54, 1.807) is 24.2 Å². The van der Waals surface area contributed by atoms with Gasteiger partial charge in [0, 0.05) is 20.1 Å². The molecule has 1 aromatic rings. The first-order valence-corrected chi connectivity index (χ1v) is 7.26. The van der Waals surface area contributed by atoms with Crippen molar-refractivity contribution in [3.05, 3.63) is 17.8 Å². The van der Waals surface area contributed by atoms with Gasteiger partial charge in [-0.15, -0.1) is 0 Å². The van der Waals surface area contributed by atoms with Crippen molar-refractivity contribution in [3.63, 3.8) is 0 Å². The van der Waals surface area contributed by atoms with Crippen molar-refractivity contribution in [2.45, 2.75) is 26.7 Å². The number of hydrogen-bond acceptors (Lipinski definition) is 4. The third-order valence-electron chi connectivity index (χ3n) is 3.71. The van der Waals surface area contributed by atoms with Gasteiger partial charge in [0.2, 0.25) is 0 Å². The zero-order valence-corrected chi connectivity index (χ0v) is 12.8. The average Bonchev–Trinajstić information content (AvgIpc) is 2.46.